The summed E-state index contributed by atoms with van der Waals surface area (Å²) >= 11 is 12.4. The van der Waals surface area contributed by atoms with Crippen LogP contribution < -0.4 is 5.32 Å². The average Bonchev–Trinajstić information content (AvgIpc) is 3.30. The second kappa shape index (κ2) is 6.34. The van der Waals surface area contributed by atoms with Gasteiger partial charge >= 0.3 is 0 Å². The highest BCUT2D eigenvalue weighted by Crippen LogP contribution is 2.43. The Morgan fingerprint density at radius 2 is 1.70 bits per heavy atom. The van der Waals surface area contributed by atoms with Crippen molar-refractivity contribution in [2.24, 2.45) is 0 Å². The Labute approximate surface area is 145 Å². The van der Waals surface area contributed by atoms with Gasteiger partial charge in [0.25, 0.3) is 5.91 Å². The maximum Gasteiger partial charge on any atom is 0.257 e. The van der Waals surface area contributed by atoms with Gasteiger partial charge in [0.1, 0.15) is 0 Å². The van der Waals surface area contributed by atoms with Crippen LogP contribution in [0.4, 0.5) is 5.69 Å². The molecule has 0 saturated heterocycles. The van der Waals surface area contributed by atoms with Gasteiger partial charge in [-0.2, -0.15) is 0 Å². The topological polar surface area (TPSA) is 53.0 Å². The van der Waals surface area contributed by atoms with Crippen molar-refractivity contribution in [3.63, 3.8) is 0 Å². The third-order valence-electron chi connectivity index (χ3n) is 3.93. The maximum absolute atomic E-state index is 12.8. The van der Waals surface area contributed by atoms with E-state index in [1.807, 2.05) is 12.1 Å². The molecule has 0 spiro atoms. The van der Waals surface area contributed by atoms with Gasteiger partial charge in [-0.1, -0.05) is 41.4 Å². The predicted octanol–water partition coefficient (Wildman–Crippen LogP) is 5.51. The molecular weight excluding hydrogens is 331 g/mol. The Balaban J connectivity index is 1.98. The Hall–Kier alpha value is -1.84. The van der Waals surface area contributed by atoms with Crippen LogP contribution in [0.5, 0.6) is 0 Å². The minimum absolute atomic E-state index is 0.262. The number of benzene rings is 2. The Morgan fingerprint density at radius 1 is 1.09 bits per heavy atom. The molecule has 1 aliphatic rings. The summed E-state index contributed by atoms with van der Waals surface area (Å²) in [6.07, 6.45) is 2.17. The van der Waals surface area contributed by atoms with Crippen LogP contribution in [0.3, 0.4) is 0 Å². The summed E-state index contributed by atoms with van der Waals surface area (Å²) in [5.74, 6) is 0.153. The quantitative estimate of drug-likeness (QED) is 0.704. The van der Waals surface area contributed by atoms with Crippen molar-refractivity contribution in [2.75, 3.05) is 5.32 Å². The molecule has 0 atom stereocenters. The number of nitrogens with one attached hydrogen (secondary N) is 2. The zero-order chi connectivity index (χ0) is 16.6. The van der Waals surface area contributed by atoms with E-state index in [4.69, 9.17) is 28.6 Å². The van der Waals surface area contributed by atoms with E-state index in [2.05, 4.69) is 5.32 Å². The van der Waals surface area contributed by atoms with Crippen LogP contribution in [0, 0.1) is 5.41 Å². The maximum atomic E-state index is 12.8. The third kappa shape index (κ3) is 3.26. The van der Waals surface area contributed by atoms with E-state index in [0.717, 1.165) is 18.4 Å². The molecule has 0 unspecified atom stereocenters. The van der Waals surface area contributed by atoms with Gasteiger partial charge < -0.3 is 10.7 Å². The first-order valence-electron chi connectivity index (χ1n) is 7.43. The highest BCUT2D eigenvalue weighted by molar-refractivity contribution is 6.36. The lowest BCUT2D eigenvalue weighted by Gasteiger charge is -2.14. The molecule has 5 heteroatoms. The molecule has 3 nitrogen and oxygen atoms in total. The molecule has 0 heterocycles. The van der Waals surface area contributed by atoms with Crippen LogP contribution >= 0.6 is 23.2 Å². The molecule has 0 aliphatic heterocycles. The number of rotatable bonds is 4. The first kappa shape index (κ1) is 16.0. The van der Waals surface area contributed by atoms with Gasteiger partial charge in [0.2, 0.25) is 0 Å². The van der Waals surface area contributed by atoms with Gasteiger partial charge in [-0.05, 0) is 49.4 Å². The molecule has 1 aliphatic carbocycles. The van der Waals surface area contributed by atoms with Crippen LogP contribution in [0.1, 0.15) is 47.2 Å². The van der Waals surface area contributed by atoms with Gasteiger partial charge in [-0.15, -0.1) is 0 Å². The first-order chi connectivity index (χ1) is 11.0. The van der Waals surface area contributed by atoms with Crippen molar-refractivity contribution in [3.8, 4) is 0 Å². The lowest BCUT2D eigenvalue weighted by molar-refractivity contribution is 0.102. The molecule has 0 aromatic heterocycles. The van der Waals surface area contributed by atoms with Crippen molar-refractivity contribution < 1.29 is 4.79 Å². The predicted molar refractivity (Wildman–Crippen MR) is 95.3 cm³/mol. The summed E-state index contributed by atoms with van der Waals surface area (Å²) in [6, 6.07) is 10.8. The molecule has 23 heavy (non-hydrogen) atoms. The van der Waals surface area contributed by atoms with E-state index in [0.29, 0.717) is 38.5 Å². The summed E-state index contributed by atoms with van der Waals surface area (Å²) in [5.41, 5.74) is 2.86. The van der Waals surface area contributed by atoms with Gasteiger partial charge in [-0.25, -0.2) is 0 Å². The van der Waals surface area contributed by atoms with Crippen LogP contribution in [-0.2, 0) is 0 Å². The molecule has 0 radical (unpaired) electrons. The SMILES string of the molecule is CC(=N)c1c(Cl)cccc1NC(=O)c1c(Cl)cccc1C1CC1. The van der Waals surface area contributed by atoms with Gasteiger partial charge in [-0.3, -0.25) is 4.79 Å². The molecule has 3 rings (SSSR count). The summed E-state index contributed by atoms with van der Waals surface area (Å²) < 4.78 is 0. The highest BCUT2D eigenvalue weighted by atomic mass is 35.5. The molecule has 2 aromatic carbocycles. The number of amides is 1. The minimum Gasteiger partial charge on any atom is -0.321 e. The van der Waals surface area contributed by atoms with Crippen LogP contribution in [0.25, 0.3) is 0 Å². The molecule has 1 saturated carbocycles. The number of anilines is 1. The van der Waals surface area contributed by atoms with Crippen molar-refractivity contribution in [2.45, 2.75) is 25.7 Å². The molecule has 118 valence electrons. The number of carbonyl (C=O) groups is 1. The lowest BCUT2D eigenvalue weighted by Crippen LogP contribution is -2.17. The molecule has 1 fully saturated rings. The van der Waals surface area contributed by atoms with Crippen molar-refractivity contribution in [1.29, 1.82) is 5.41 Å². The number of hydrogen-bond acceptors (Lipinski definition) is 2. The van der Waals surface area contributed by atoms with E-state index in [1.54, 1.807) is 31.2 Å². The fourth-order valence-corrected chi connectivity index (χ4v) is 3.29. The summed E-state index contributed by atoms with van der Waals surface area (Å²) in [5, 5.41) is 11.6. The van der Waals surface area contributed by atoms with E-state index in [-0.39, 0.29) is 5.91 Å². The first-order valence-corrected chi connectivity index (χ1v) is 8.18. The number of halogens is 2. The van der Waals surface area contributed by atoms with E-state index in [1.165, 1.54) is 0 Å². The zero-order valence-electron chi connectivity index (χ0n) is 12.6. The number of carbonyl (C=O) groups excluding carboxylic acids is 1. The fourth-order valence-electron chi connectivity index (χ4n) is 2.71. The molecule has 2 aromatic rings. The zero-order valence-corrected chi connectivity index (χ0v) is 14.1. The molecular formula is C18H16Cl2N2O. The van der Waals surface area contributed by atoms with Crippen molar-refractivity contribution in [3.05, 3.63) is 63.1 Å². The van der Waals surface area contributed by atoms with Crippen molar-refractivity contribution >= 4 is 40.5 Å². The monoisotopic (exact) mass is 346 g/mol. The van der Waals surface area contributed by atoms with Gasteiger partial charge in [0.05, 0.1) is 21.3 Å². The largest absolute Gasteiger partial charge is 0.321 e. The van der Waals surface area contributed by atoms with Gasteiger partial charge in [0.15, 0.2) is 0 Å². The Morgan fingerprint density at radius 3 is 2.30 bits per heavy atom. The molecule has 2 N–H and O–H groups in total. The van der Waals surface area contributed by atoms with Crippen LogP contribution in [-0.4, -0.2) is 11.6 Å². The Bertz CT molecular complexity index is 798. The lowest BCUT2D eigenvalue weighted by atomic mass is 10.0. The molecule has 0 bridgehead atoms. The Kier molecular flexibility index (Phi) is 4.42. The summed E-state index contributed by atoms with van der Waals surface area (Å²) in [6.45, 7) is 1.64. The van der Waals surface area contributed by atoms with E-state index >= 15 is 0 Å². The fraction of sp³-hybridized carbons (Fsp3) is 0.222. The standard InChI is InChI=1S/C18H16Cl2N2O/c1-10(21)16-13(19)6-3-7-15(16)22-18(23)17-12(11-8-9-11)4-2-5-14(17)20/h2-7,11,21H,8-9H2,1H3,(H,22,23). The van der Waals surface area contributed by atoms with Crippen LogP contribution in [0.15, 0.2) is 36.4 Å². The van der Waals surface area contributed by atoms with Gasteiger partial charge in [0, 0.05) is 11.3 Å². The smallest absolute Gasteiger partial charge is 0.257 e. The van der Waals surface area contributed by atoms with E-state index < -0.39 is 0 Å². The van der Waals surface area contributed by atoms with E-state index in [9.17, 15) is 4.79 Å². The molecule has 1 amide bonds. The second-order valence-electron chi connectivity index (χ2n) is 5.72. The highest BCUT2D eigenvalue weighted by Gasteiger charge is 2.29. The average molecular weight is 347 g/mol. The normalized spacial score (nSPS) is 13.7. The van der Waals surface area contributed by atoms with Crippen molar-refractivity contribution in [1.82, 2.24) is 0 Å². The number of hydrogen-bond donors (Lipinski definition) is 2. The minimum atomic E-state index is -0.262. The summed E-state index contributed by atoms with van der Waals surface area (Å²) in [4.78, 5) is 12.8. The summed E-state index contributed by atoms with van der Waals surface area (Å²) in [7, 11) is 0. The third-order valence-corrected chi connectivity index (χ3v) is 4.56. The van der Waals surface area contributed by atoms with Crippen LogP contribution in [0.2, 0.25) is 10.0 Å². The second-order valence-corrected chi connectivity index (χ2v) is 6.53.